The summed E-state index contributed by atoms with van der Waals surface area (Å²) in [6.45, 7) is 0. The average molecular weight is 400 g/mol. The lowest BCUT2D eigenvalue weighted by Gasteiger charge is -2.09. The Bertz CT molecular complexity index is 1300. The summed E-state index contributed by atoms with van der Waals surface area (Å²) in [5.41, 5.74) is 6.93. The largest absolute Gasteiger partial charge is 0.419 e. The molecular formula is C18H11F3N6S. The third kappa shape index (κ3) is 2.69. The molecule has 0 amide bonds. The Labute approximate surface area is 159 Å². The number of hydrogen-bond donors (Lipinski definition) is 2. The van der Waals surface area contributed by atoms with Crippen molar-refractivity contribution >= 4 is 33.0 Å². The Balaban J connectivity index is 1.54. The topological polar surface area (TPSA) is 84.9 Å². The molecule has 0 unspecified atom stereocenters. The van der Waals surface area contributed by atoms with Crippen molar-refractivity contribution in [2.24, 2.45) is 0 Å². The number of H-pyrrole nitrogens is 1. The fraction of sp³-hybridized carbons (Fsp3) is 0.0556. The summed E-state index contributed by atoms with van der Waals surface area (Å²) in [4.78, 5) is 11.8. The van der Waals surface area contributed by atoms with Crippen molar-refractivity contribution in [1.82, 2.24) is 24.6 Å². The van der Waals surface area contributed by atoms with Crippen LogP contribution in [0.15, 0.2) is 48.9 Å². The van der Waals surface area contributed by atoms with E-state index in [1.54, 1.807) is 10.7 Å². The number of nitrogens with two attached hydrogens (primary N) is 1. The zero-order valence-corrected chi connectivity index (χ0v) is 14.8. The van der Waals surface area contributed by atoms with Crippen molar-refractivity contribution in [3.63, 3.8) is 0 Å². The SMILES string of the molecule is Nc1ncc(-c2cn3nc(-c4ccc5[nH]ccc5c4)sc3n2)cc1C(F)(F)F. The number of hydrogen-bond acceptors (Lipinski definition) is 5. The average Bonchev–Trinajstić information content (AvgIpc) is 3.34. The van der Waals surface area contributed by atoms with E-state index in [-0.39, 0.29) is 5.56 Å². The Kier molecular flexibility index (Phi) is 3.47. The number of anilines is 1. The molecule has 0 saturated heterocycles. The lowest BCUT2D eigenvalue weighted by atomic mass is 10.1. The van der Waals surface area contributed by atoms with E-state index >= 15 is 0 Å². The van der Waals surface area contributed by atoms with Gasteiger partial charge in [-0.1, -0.05) is 11.3 Å². The molecule has 10 heteroatoms. The van der Waals surface area contributed by atoms with E-state index in [9.17, 15) is 13.2 Å². The molecule has 1 aromatic carbocycles. The molecule has 0 aliphatic rings. The molecule has 4 heterocycles. The molecule has 0 spiro atoms. The third-order valence-electron chi connectivity index (χ3n) is 4.36. The fourth-order valence-corrected chi connectivity index (χ4v) is 3.86. The number of pyridine rings is 1. The highest BCUT2D eigenvalue weighted by molar-refractivity contribution is 7.19. The third-order valence-corrected chi connectivity index (χ3v) is 5.33. The standard InChI is InChI=1S/C18H11F3N6S/c19-18(20,21)12-6-11(7-24-15(12)22)14-8-27-17(25-14)28-16(26-27)10-1-2-13-9(5-10)3-4-23-13/h1-8,23H,(H2,22,24). The summed E-state index contributed by atoms with van der Waals surface area (Å²) < 4.78 is 40.7. The van der Waals surface area contributed by atoms with Gasteiger partial charge < -0.3 is 10.7 Å². The normalized spacial score (nSPS) is 12.2. The van der Waals surface area contributed by atoms with E-state index in [1.165, 1.54) is 17.5 Å². The maximum atomic E-state index is 13.1. The number of alkyl halides is 3. The van der Waals surface area contributed by atoms with Gasteiger partial charge in [0.1, 0.15) is 10.8 Å². The van der Waals surface area contributed by atoms with Gasteiger partial charge in [0.05, 0.1) is 17.5 Å². The van der Waals surface area contributed by atoms with Gasteiger partial charge in [-0.2, -0.15) is 18.3 Å². The Morgan fingerprint density at radius 1 is 1.11 bits per heavy atom. The van der Waals surface area contributed by atoms with Gasteiger partial charge in [-0.05, 0) is 30.3 Å². The van der Waals surface area contributed by atoms with Crippen LogP contribution in [0.4, 0.5) is 19.0 Å². The van der Waals surface area contributed by atoms with Crippen LogP contribution in [-0.2, 0) is 6.18 Å². The lowest BCUT2D eigenvalue weighted by molar-refractivity contribution is -0.137. The van der Waals surface area contributed by atoms with Crippen LogP contribution in [0.25, 0.3) is 37.7 Å². The van der Waals surface area contributed by atoms with Gasteiger partial charge in [0.2, 0.25) is 4.96 Å². The van der Waals surface area contributed by atoms with Crippen LogP contribution in [0.1, 0.15) is 5.56 Å². The zero-order chi connectivity index (χ0) is 19.5. The Morgan fingerprint density at radius 2 is 1.96 bits per heavy atom. The number of nitrogens with zero attached hydrogens (tertiary/aromatic N) is 4. The molecule has 0 fully saturated rings. The number of nitrogen functional groups attached to an aromatic ring is 1. The van der Waals surface area contributed by atoms with Crippen LogP contribution >= 0.6 is 11.3 Å². The minimum absolute atomic E-state index is 0.231. The molecule has 0 aliphatic heterocycles. The molecule has 0 saturated carbocycles. The van der Waals surface area contributed by atoms with Gasteiger partial charge in [-0.25, -0.2) is 14.5 Å². The van der Waals surface area contributed by atoms with Gasteiger partial charge in [0.25, 0.3) is 0 Å². The summed E-state index contributed by atoms with van der Waals surface area (Å²) in [5.74, 6) is -0.558. The molecule has 4 aromatic heterocycles. The summed E-state index contributed by atoms with van der Waals surface area (Å²) in [5, 5.41) is 6.34. The predicted molar refractivity (Wildman–Crippen MR) is 101 cm³/mol. The molecule has 0 aliphatic carbocycles. The lowest BCUT2D eigenvalue weighted by Crippen LogP contribution is -2.10. The van der Waals surface area contributed by atoms with Crippen LogP contribution in [0.2, 0.25) is 0 Å². The maximum absolute atomic E-state index is 13.1. The van der Waals surface area contributed by atoms with Crippen LogP contribution in [0.5, 0.6) is 0 Å². The highest BCUT2D eigenvalue weighted by Crippen LogP contribution is 2.35. The second-order valence-corrected chi connectivity index (χ2v) is 7.15. The van der Waals surface area contributed by atoms with Crippen molar-refractivity contribution in [2.75, 3.05) is 5.73 Å². The highest BCUT2D eigenvalue weighted by atomic mass is 32.1. The second kappa shape index (κ2) is 5.80. The van der Waals surface area contributed by atoms with Gasteiger partial charge >= 0.3 is 6.18 Å². The molecule has 6 nitrogen and oxygen atoms in total. The van der Waals surface area contributed by atoms with E-state index in [1.807, 2.05) is 30.5 Å². The first-order valence-corrected chi connectivity index (χ1v) is 8.97. The van der Waals surface area contributed by atoms with Crippen LogP contribution in [0, 0.1) is 0 Å². The van der Waals surface area contributed by atoms with Gasteiger partial charge in [0.15, 0.2) is 0 Å². The van der Waals surface area contributed by atoms with Gasteiger partial charge in [-0.15, -0.1) is 0 Å². The molecule has 3 N–H and O–H groups in total. The molecule has 5 aromatic rings. The van der Waals surface area contributed by atoms with Crippen LogP contribution in [0.3, 0.4) is 0 Å². The molecule has 0 radical (unpaired) electrons. The van der Waals surface area contributed by atoms with E-state index < -0.39 is 17.6 Å². The summed E-state index contributed by atoms with van der Waals surface area (Å²) in [6, 6.07) is 8.87. The first-order chi connectivity index (χ1) is 13.4. The molecule has 0 atom stereocenters. The number of benzene rings is 1. The second-order valence-electron chi connectivity index (χ2n) is 6.19. The predicted octanol–water partition coefficient (Wildman–Crippen LogP) is 4.60. The van der Waals surface area contributed by atoms with E-state index in [0.29, 0.717) is 10.7 Å². The van der Waals surface area contributed by atoms with Crippen molar-refractivity contribution in [3.8, 4) is 21.8 Å². The van der Waals surface area contributed by atoms with Crippen LogP contribution in [-0.4, -0.2) is 24.6 Å². The number of fused-ring (bicyclic) bond motifs is 2. The number of aromatic nitrogens is 5. The quantitative estimate of drug-likeness (QED) is 0.453. The van der Waals surface area contributed by atoms with Crippen molar-refractivity contribution < 1.29 is 13.2 Å². The summed E-state index contributed by atoms with van der Waals surface area (Å²) in [7, 11) is 0. The summed E-state index contributed by atoms with van der Waals surface area (Å²) in [6.07, 6.45) is 0.146. The molecule has 5 rings (SSSR count). The zero-order valence-electron chi connectivity index (χ0n) is 14.0. The molecule has 0 bridgehead atoms. The molecule has 140 valence electrons. The van der Waals surface area contributed by atoms with E-state index in [4.69, 9.17) is 5.73 Å². The first kappa shape index (κ1) is 16.8. The molecular weight excluding hydrogens is 389 g/mol. The van der Waals surface area contributed by atoms with Crippen LogP contribution < -0.4 is 5.73 Å². The monoisotopic (exact) mass is 400 g/mol. The maximum Gasteiger partial charge on any atom is 0.419 e. The number of halogens is 3. The number of aromatic amines is 1. The first-order valence-electron chi connectivity index (χ1n) is 8.15. The minimum Gasteiger partial charge on any atom is -0.383 e. The van der Waals surface area contributed by atoms with E-state index in [2.05, 4.69) is 20.1 Å². The Morgan fingerprint density at radius 3 is 2.75 bits per heavy atom. The van der Waals surface area contributed by atoms with Crippen molar-refractivity contribution in [3.05, 3.63) is 54.5 Å². The van der Waals surface area contributed by atoms with E-state index in [0.717, 1.165) is 27.5 Å². The van der Waals surface area contributed by atoms with Gasteiger partial charge in [-0.3, -0.25) is 0 Å². The summed E-state index contributed by atoms with van der Waals surface area (Å²) >= 11 is 1.35. The van der Waals surface area contributed by atoms with Gasteiger partial charge in [0, 0.05) is 34.4 Å². The smallest absolute Gasteiger partial charge is 0.383 e. The molecule has 28 heavy (non-hydrogen) atoms. The highest BCUT2D eigenvalue weighted by Gasteiger charge is 2.34. The van der Waals surface area contributed by atoms with Crippen molar-refractivity contribution in [1.29, 1.82) is 0 Å². The number of nitrogens with one attached hydrogen (secondary N) is 1. The van der Waals surface area contributed by atoms with Crippen molar-refractivity contribution in [2.45, 2.75) is 6.18 Å². The number of imidazole rings is 1. The fourth-order valence-electron chi connectivity index (χ4n) is 2.98. The Hall–Kier alpha value is -3.40. The number of rotatable bonds is 2. The minimum atomic E-state index is -4.58.